The molecule has 1 aromatic heterocycles. The van der Waals surface area contributed by atoms with Gasteiger partial charge in [0, 0.05) is 5.69 Å². The fourth-order valence-corrected chi connectivity index (χ4v) is 1.24. The predicted molar refractivity (Wildman–Crippen MR) is 52.4 cm³/mol. The lowest BCUT2D eigenvalue weighted by Crippen LogP contribution is -2.16. The second-order valence-electron chi connectivity index (χ2n) is 2.88. The Balaban J connectivity index is 2.34. The van der Waals surface area contributed by atoms with Crippen LogP contribution in [0.5, 0.6) is 0 Å². The molecule has 0 atom stereocenters. The van der Waals surface area contributed by atoms with Crippen molar-refractivity contribution in [1.82, 2.24) is 9.79 Å². The standard InChI is InChI=1S/C8H6BF2N3O/c10-9(11)14-3-1-2-6(14)4-7-8(15)13-5-12-7/h1-5H,(H,12,13,15). The van der Waals surface area contributed by atoms with Gasteiger partial charge in [-0.2, -0.15) is 0 Å². The highest BCUT2D eigenvalue weighted by molar-refractivity contribution is 6.41. The molecule has 0 aliphatic carbocycles. The number of amides is 1. The minimum atomic E-state index is -2.62. The van der Waals surface area contributed by atoms with E-state index in [-0.39, 0.29) is 11.4 Å². The summed E-state index contributed by atoms with van der Waals surface area (Å²) in [7, 11) is -2.62. The van der Waals surface area contributed by atoms with Crippen LogP contribution in [0.4, 0.5) is 8.63 Å². The van der Waals surface area contributed by atoms with E-state index in [1.165, 1.54) is 30.7 Å². The van der Waals surface area contributed by atoms with Gasteiger partial charge >= 0.3 is 7.40 Å². The monoisotopic (exact) mass is 209 g/mol. The average molecular weight is 209 g/mol. The first-order valence-electron chi connectivity index (χ1n) is 4.18. The first-order valence-corrected chi connectivity index (χ1v) is 4.18. The van der Waals surface area contributed by atoms with Gasteiger partial charge in [0.2, 0.25) is 0 Å². The number of halogens is 2. The highest BCUT2D eigenvalue weighted by Gasteiger charge is 2.19. The minimum absolute atomic E-state index is 0.121. The van der Waals surface area contributed by atoms with E-state index in [1.807, 2.05) is 0 Å². The van der Waals surface area contributed by atoms with E-state index in [2.05, 4.69) is 10.3 Å². The Labute approximate surface area is 84.5 Å². The van der Waals surface area contributed by atoms with Crippen LogP contribution in [0.25, 0.3) is 6.08 Å². The molecule has 0 saturated heterocycles. The molecule has 7 heteroatoms. The van der Waals surface area contributed by atoms with Crippen molar-refractivity contribution in [1.29, 1.82) is 0 Å². The predicted octanol–water partition coefficient (Wildman–Crippen LogP) is 0.759. The van der Waals surface area contributed by atoms with Gasteiger partial charge in [-0.1, -0.05) is 0 Å². The lowest BCUT2D eigenvalue weighted by Gasteiger charge is -2.00. The van der Waals surface area contributed by atoms with E-state index < -0.39 is 13.3 Å². The van der Waals surface area contributed by atoms with E-state index in [1.54, 1.807) is 0 Å². The first-order chi connectivity index (χ1) is 7.18. The Bertz CT molecular complexity index is 452. The van der Waals surface area contributed by atoms with Crippen molar-refractivity contribution < 1.29 is 13.4 Å². The number of nitrogens with one attached hydrogen (secondary N) is 1. The Morgan fingerprint density at radius 3 is 2.93 bits per heavy atom. The number of carbonyl (C=O) groups is 1. The topological polar surface area (TPSA) is 46.4 Å². The van der Waals surface area contributed by atoms with E-state index >= 15 is 0 Å². The molecular formula is C8H6BF2N3O. The van der Waals surface area contributed by atoms with Crippen LogP contribution < -0.4 is 5.32 Å². The fourth-order valence-electron chi connectivity index (χ4n) is 1.24. The van der Waals surface area contributed by atoms with Gasteiger partial charge in [0.25, 0.3) is 5.91 Å². The molecule has 2 rings (SSSR count). The third-order valence-corrected chi connectivity index (χ3v) is 1.94. The van der Waals surface area contributed by atoms with Crippen LogP contribution in [0, 0.1) is 0 Å². The van der Waals surface area contributed by atoms with Crippen molar-refractivity contribution >= 4 is 25.7 Å². The second-order valence-corrected chi connectivity index (χ2v) is 2.88. The van der Waals surface area contributed by atoms with Crippen LogP contribution in [0.3, 0.4) is 0 Å². The molecule has 1 aliphatic rings. The molecule has 0 saturated carbocycles. The fraction of sp³-hybridized carbons (Fsp3) is 0. The molecule has 0 aromatic carbocycles. The van der Waals surface area contributed by atoms with E-state index in [4.69, 9.17) is 0 Å². The molecule has 1 N–H and O–H groups in total. The molecule has 0 bridgehead atoms. The summed E-state index contributed by atoms with van der Waals surface area (Å²) in [5, 5.41) is 2.34. The van der Waals surface area contributed by atoms with Crippen molar-refractivity contribution in [2.45, 2.75) is 0 Å². The molecule has 1 amide bonds. The van der Waals surface area contributed by atoms with Gasteiger partial charge in [0.15, 0.2) is 0 Å². The molecule has 0 spiro atoms. The molecular weight excluding hydrogens is 203 g/mol. The molecule has 1 aliphatic heterocycles. The van der Waals surface area contributed by atoms with Crippen molar-refractivity contribution in [3.63, 3.8) is 0 Å². The van der Waals surface area contributed by atoms with E-state index in [0.29, 0.717) is 0 Å². The van der Waals surface area contributed by atoms with Gasteiger partial charge in [-0.05, 0) is 24.4 Å². The summed E-state index contributed by atoms with van der Waals surface area (Å²) in [5.74, 6) is -0.392. The lowest BCUT2D eigenvalue weighted by molar-refractivity contribution is -0.115. The minimum Gasteiger partial charge on any atom is -0.332 e. The van der Waals surface area contributed by atoms with Crippen LogP contribution in [0.15, 0.2) is 29.0 Å². The third kappa shape index (κ3) is 1.81. The molecule has 4 nitrogen and oxygen atoms in total. The zero-order chi connectivity index (χ0) is 10.8. The van der Waals surface area contributed by atoms with E-state index in [0.717, 1.165) is 4.48 Å². The number of hydrogen-bond acceptors (Lipinski definition) is 2. The molecule has 2 heterocycles. The SMILES string of the molecule is O=C1NC=NC1=Cc1cccn1B(F)F. The Hall–Kier alpha value is -1.92. The lowest BCUT2D eigenvalue weighted by atomic mass is 10.2. The van der Waals surface area contributed by atoms with Crippen molar-refractivity contribution in [2.75, 3.05) is 0 Å². The normalized spacial score (nSPS) is 17.2. The first kappa shape index (κ1) is 9.63. The van der Waals surface area contributed by atoms with Crippen LogP contribution in [-0.2, 0) is 4.79 Å². The molecule has 0 unspecified atom stereocenters. The number of hydrogen-bond donors (Lipinski definition) is 1. The van der Waals surface area contributed by atoms with Gasteiger partial charge in [-0.3, -0.25) is 13.4 Å². The van der Waals surface area contributed by atoms with Gasteiger partial charge in [-0.25, -0.2) is 4.99 Å². The number of aliphatic imine (C=N–C) groups is 1. The van der Waals surface area contributed by atoms with Crippen molar-refractivity contribution in [3.05, 3.63) is 29.7 Å². The molecule has 0 radical (unpaired) electrons. The summed E-state index contributed by atoms with van der Waals surface area (Å²) in [6.07, 6.45) is 3.78. The van der Waals surface area contributed by atoms with E-state index in [9.17, 15) is 13.4 Å². The molecule has 15 heavy (non-hydrogen) atoms. The maximum Gasteiger partial charge on any atom is 0.677 e. The summed E-state index contributed by atoms with van der Waals surface area (Å²) < 4.78 is 25.6. The number of carbonyl (C=O) groups excluding carboxylic acids is 1. The smallest absolute Gasteiger partial charge is 0.332 e. The maximum atomic E-state index is 12.4. The molecule has 76 valence electrons. The summed E-state index contributed by atoms with van der Waals surface area (Å²) in [4.78, 5) is 14.8. The number of aromatic nitrogens is 1. The summed E-state index contributed by atoms with van der Waals surface area (Å²) in [6, 6.07) is 2.97. The quantitative estimate of drug-likeness (QED) is 0.567. The largest absolute Gasteiger partial charge is 0.677 e. The highest BCUT2D eigenvalue weighted by atomic mass is 19.2. The maximum absolute atomic E-state index is 12.4. The van der Waals surface area contributed by atoms with Crippen LogP contribution in [0.2, 0.25) is 0 Å². The van der Waals surface area contributed by atoms with Crippen LogP contribution in [-0.4, -0.2) is 24.1 Å². The zero-order valence-electron chi connectivity index (χ0n) is 7.52. The number of nitrogens with zero attached hydrogens (tertiary/aromatic N) is 2. The van der Waals surface area contributed by atoms with Gasteiger partial charge in [-0.15, -0.1) is 0 Å². The van der Waals surface area contributed by atoms with Crippen molar-refractivity contribution in [2.24, 2.45) is 4.99 Å². The molecule has 1 aromatic rings. The number of rotatable bonds is 2. The Morgan fingerprint density at radius 2 is 2.33 bits per heavy atom. The molecule has 0 fully saturated rings. The Kier molecular flexibility index (Phi) is 2.36. The van der Waals surface area contributed by atoms with Crippen molar-refractivity contribution in [3.8, 4) is 0 Å². The summed E-state index contributed by atoms with van der Waals surface area (Å²) in [6.45, 7) is 0. The Morgan fingerprint density at radius 1 is 1.53 bits per heavy atom. The third-order valence-electron chi connectivity index (χ3n) is 1.94. The zero-order valence-corrected chi connectivity index (χ0v) is 7.52. The summed E-state index contributed by atoms with van der Waals surface area (Å²) >= 11 is 0. The van der Waals surface area contributed by atoms with Crippen LogP contribution >= 0.6 is 0 Å². The average Bonchev–Trinajstić information content (AvgIpc) is 2.77. The van der Waals surface area contributed by atoms with Gasteiger partial charge in [0.1, 0.15) is 5.70 Å². The van der Waals surface area contributed by atoms with Gasteiger partial charge < -0.3 is 9.79 Å². The van der Waals surface area contributed by atoms with Gasteiger partial charge in [0.05, 0.1) is 6.34 Å². The second kappa shape index (κ2) is 3.68. The van der Waals surface area contributed by atoms with Crippen LogP contribution in [0.1, 0.15) is 5.69 Å². The summed E-state index contributed by atoms with van der Waals surface area (Å²) in [5.41, 5.74) is 0.366. The highest BCUT2D eigenvalue weighted by Crippen LogP contribution is 2.12.